The van der Waals surface area contributed by atoms with E-state index in [1.54, 1.807) is 25.6 Å². The van der Waals surface area contributed by atoms with Gasteiger partial charge >= 0.3 is 31.3 Å². The summed E-state index contributed by atoms with van der Waals surface area (Å²) in [6.07, 6.45) is 1.66. The fourth-order valence-corrected chi connectivity index (χ4v) is 7.79. The highest BCUT2D eigenvalue weighted by molar-refractivity contribution is 7.69. The molecule has 23 heteroatoms. The number of aryl methyl sites for hydroxylation is 1. The van der Waals surface area contributed by atoms with Crippen LogP contribution in [0.15, 0.2) is 11.7 Å². The molecule has 0 fully saturated rings. The quantitative estimate of drug-likeness (QED) is 0.112. The number of thiazole rings is 1. The van der Waals surface area contributed by atoms with Crippen molar-refractivity contribution in [2.24, 2.45) is 0 Å². The highest BCUT2D eigenvalue weighted by Gasteiger charge is 2.44. The Labute approximate surface area is 208 Å². The van der Waals surface area contributed by atoms with Gasteiger partial charge in [0.25, 0.3) is 0 Å². The Morgan fingerprint density at radius 3 is 2.14 bits per heavy atom. The van der Waals surface area contributed by atoms with Gasteiger partial charge in [-0.25, -0.2) is 28.2 Å². The van der Waals surface area contributed by atoms with Crippen LogP contribution in [-0.2, 0) is 48.7 Å². The number of halogens is 1. The van der Waals surface area contributed by atoms with Crippen LogP contribution in [0.3, 0.4) is 0 Å². The molecule has 35 heavy (non-hydrogen) atoms. The Morgan fingerprint density at radius 2 is 1.57 bits per heavy atom. The average Bonchev–Trinajstić information content (AvgIpc) is 2.93. The predicted octanol–water partition coefficient (Wildman–Crippen LogP) is -1.92. The van der Waals surface area contributed by atoms with E-state index in [-0.39, 0.29) is 18.8 Å². The molecule has 2 aromatic rings. The molecule has 0 aliphatic rings. The third-order valence-corrected chi connectivity index (χ3v) is 10.4. The molecular weight excluding hydrogens is 600 g/mol. The number of anilines is 1. The predicted molar refractivity (Wildman–Crippen MR) is 114 cm³/mol. The number of phosphoric ester groups is 1. The number of rotatable bonds is 12. The molecule has 3 unspecified atom stereocenters. The lowest BCUT2D eigenvalue weighted by Gasteiger charge is -2.18. The minimum Gasteiger partial charge on any atom is -1.00 e. The van der Waals surface area contributed by atoms with Gasteiger partial charge in [0.05, 0.1) is 17.0 Å². The Kier molecular flexibility index (Phi) is 11.4. The topological polar surface area (TPSA) is 262 Å². The molecule has 0 aromatic carbocycles. The number of aromatic nitrogens is 3. The summed E-state index contributed by atoms with van der Waals surface area (Å²) in [6, 6.07) is 0. The van der Waals surface area contributed by atoms with Gasteiger partial charge in [0, 0.05) is 19.5 Å². The van der Waals surface area contributed by atoms with Crippen LogP contribution in [0.1, 0.15) is 22.0 Å². The molecule has 17 nitrogen and oxygen atoms in total. The van der Waals surface area contributed by atoms with Crippen molar-refractivity contribution in [3.05, 3.63) is 33.7 Å². The van der Waals surface area contributed by atoms with Crippen LogP contribution in [0.25, 0.3) is 0 Å². The highest BCUT2D eigenvalue weighted by atomic mass is 35.5. The fourth-order valence-electron chi connectivity index (χ4n) is 2.37. The number of nitrogens with zero attached hydrogens (tertiary/aromatic N) is 3. The number of phosphoric acid groups is 4. The lowest BCUT2D eigenvalue weighted by molar-refractivity contribution is -0.689. The first-order valence-corrected chi connectivity index (χ1v) is 15.6. The van der Waals surface area contributed by atoms with E-state index in [1.165, 1.54) is 11.3 Å². The van der Waals surface area contributed by atoms with Gasteiger partial charge in [-0.1, -0.05) is 11.3 Å². The van der Waals surface area contributed by atoms with Crippen LogP contribution >= 0.6 is 42.6 Å². The summed E-state index contributed by atoms with van der Waals surface area (Å²) in [5, 5.41) is 0. The zero-order chi connectivity index (χ0) is 25.9. The fraction of sp³-hybridized carbons (Fsp3) is 0.417. The summed E-state index contributed by atoms with van der Waals surface area (Å²) in [5.41, 5.74) is 9.08. The van der Waals surface area contributed by atoms with Crippen molar-refractivity contribution >= 4 is 48.4 Å². The molecule has 3 atom stereocenters. The molecule has 0 spiro atoms. The van der Waals surface area contributed by atoms with Gasteiger partial charge < -0.3 is 42.6 Å². The van der Waals surface area contributed by atoms with E-state index in [0.717, 1.165) is 5.69 Å². The average molecular weight is 621 g/mol. The highest BCUT2D eigenvalue weighted by Crippen LogP contribution is 2.70. The molecule has 200 valence electrons. The maximum Gasteiger partial charge on any atom is 0.490 e. The van der Waals surface area contributed by atoms with Crippen LogP contribution in [0, 0.1) is 13.8 Å². The Bertz CT molecular complexity index is 1240. The second-order valence-electron chi connectivity index (χ2n) is 6.41. The Morgan fingerprint density at radius 1 is 1.00 bits per heavy atom. The molecule has 7 N–H and O–H groups in total. The summed E-state index contributed by atoms with van der Waals surface area (Å²) >= 11 is 1.28. The molecule has 2 aromatic heterocycles. The second kappa shape index (κ2) is 12.3. The third kappa shape index (κ3) is 11.1. The van der Waals surface area contributed by atoms with Crippen LogP contribution in [-0.4, -0.2) is 41.0 Å². The maximum absolute atomic E-state index is 11.9. The van der Waals surface area contributed by atoms with Crippen molar-refractivity contribution in [1.29, 1.82) is 0 Å². The molecule has 0 saturated heterocycles. The second-order valence-corrected chi connectivity index (χ2v) is 13.4. The van der Waals surface area contributed by atoms with E-state index in [9.17, 15) is 28.0 Å². The summed E-state index contributed by atoms with van der Waals surface area (Å²) in [7, 11) is -22.6. The molecule has 0 saturated carbocycles. The maximum atomic E-state index is 11.9. The van der Waals surface area contributed by atoms with Crippen molar-refractivity contribution < 1.29 is 77.2 Å². The largest absolute Gasteiger partial charge is 1.00 e. The van der Waals surface area contributed by atoms with E-state index in [0.29, 0.717) is 28.6 Å². The van der Waals surface area contributed by atoms with Crippen molar-refractivity contribution in [2.45, 2.75) is 26.8 Å². The van der Waals surface area contributed by atoms with Gasteiger partial charge in [-0.2, -0.15) is 17.5 Å². The lowest BCUT2D eigenvalue weighted by Crippen LogP contribution is -3.00. The van der Waals surface area contributed by atoms with Crippen molar-refractivity contribution in [2.75, 3.05) is 12.3 Å². The number of nitrogens with two attached hydrogens (primary N) is 1. The normalized spacial score (nSPS) is 17.1. The van der Waals surface area contributed by atoms with Crippen LogP contribution in [0.5, 0.6) is 0 Å². The van der Waals surface area contributed by atoms with Gasteiger partial charge in [0.2, 0.25) is 5.51 Å². The number of nitrogen functional groups attached to an aromatic ring is 1. The van der Waals surface area contributed by atoms with E-state index < -0.39 is 37.9 Å². The van der Waals surface area contributed by atoms with Gasteiger partial charge in [-0.05, 0) is 6.92 Å². The summed E-state index contributed by atoms with van der Waals surface area (Å²) < 4.78 is 62.5. The lowest BCUT2D eigenvalue weighted by atomic mass is 10.2. The van der Waals surface area contributed by atoms with E-state index in [1.807, 2.05) is 4.57 Å². The first-order valence-electron chi connectivity index (χ1n) is 8.75. The summed E-state index contributed by atoms with van der Waals surface area (Å²) in [5.74, 6) is 0.846. The molecule has 0 radical (unpaired) electrons. The van der Waals surface area contributed by atoms with Gasteiger partial charge in [0.1, 0.15) is 11.6 Å². The number of hydrogen-bond donors (Lipinski definition) is 6. The molecule has 0 aliphatic carbocycles. The first kappa shape index (κ1) is 32.4. The Hall–Kier alpha value is -0.640. The standard InChI is InChI=1S/C12H20N4O13P4S.ClH/c1-8-11(34-7-16(8)6-10-5-14-9(2)15-12(10)13)3-4-26-31(20,21)28-33(24,25)29-32(22,23)27-30(17,18)19;/h5,7H,3-4,6H2,1-2H3,(H6-,13,14,15,17,18,19,20,21,22,23,24,25);1H. The van der Waals surface area contributed by atoms with Crippen LogP contribution in [0.2, 0.25) is 0 Å². The minimum absolute atomic E-state index is 0. The molecule has 0 aliphatic heterocycles. The zero-order valence-corrected chi connectivity index (χ0v) is 22.9. The van der Waals surface area contributed by atoms with Gasteiger partial charge in [-0.3, -0.25) is 4.52 Å². The van der Waals surface area contributed by atoms with Crippen molar-refractivity contribution in [1.82, 2.24) is 9.97 Å². The Balaban J connectivity index is 0.00000612. The molecular formula is C12H21ClN4O13P4S. The van der Waals surface area contributed by atoms with Gasteiger partial charge in [0.15, 0.2) is 12.2 Å². The molecule has 2 rings (SSSR count). The molecule has 0 amide bonds. The third-order valence-electron chi connectivity index (χ3n) is 3.72. The minimum atomic E-state index is -5.84. The van der Waals surface area contributed by atoms with E-state index in [4.69, 9.17) is 20.4 Å². The molecule has 2 heterocycles. The van der Waals surface area contributed by atoms with Crippen molar-refractivity contribution in [3.8, 4) is 0 Å². The van der Waals surface area contributed by atoms with Crippen LogP contribution < -0.4 is 22.7 Å². The van der Waals surface area contributed by atoms with E-state index >= 15 is 0 Å². The summed E-state index contributed by atoms with van der Waals surface area (Å²) in [6.45, 7) is 3.34. The van der Waals surface area contributed by atoms with Crippen molar-refractivity contribution in [3.63, 3.8) is 0 Å². The first-order chi connectivity index (χ1) is 15.4. The smallest absolute Gasteiger partial charge is 0.490 e. The number of hydrogen-bond acceptors (Lipinski definition) is 12. The molecule has 0 bridgehead atoms. The van der Waals surface area contributed by atoms with Crippen LogP contribution in [0.4, 0.5) is 5.82 Å². The summed E-state index contributed by atoms with van der Waals surface area (Å²) in [4.78, 5) is 53.8. The SMILES string of the molecule is Cc1ncc(C[n+]2csc(CCOP(=O)(O)OP(=O)(O)OP(=O)(O)OP(=O)(O)O)c2C)c(N)n1.[Cl-]. The zero-order valence-electron chi connectivity index (χ0n) is 17.8. The van der Waals surface area contributed by atoms with Gasteiger partial charge in [-0.15, -0.1) is 0 Å². The van der Waals surface area contributed by atoms with E-state index in [2.05, 4.69) is 27.4 Å². The monoisotopic (exact) mass is 620 g/mol.